The van der Waals surface area contributed by atoms with E-state index in [4.69, 9.17) is 0 Å². The normalized spacial score (nSPS) is 8.54. The SMILES string of the molecule is CCCCCCC.CCOC(N)=O. The number of unbranched alkanes of at least 4 members (excludes halogenated alkanes) is 4. The quantitative estimate of drug-likeness (QED) is 0.676. The molecule has 13 heavy (non-hydrogen) atoms. The van der Waals surface area contributed by atoms with Gasteiger partial charge in [-0.25, -0.2) is 4.79 Å². The minimum atomic E-state index is -0.711. The zero-order chi connectivity index (χ0) is 10.5. The maximum Gasteiger partial charge on any atom is 0.404 e. The van der Waals surface area contributed by atoms with Gasteiger partial charge >= 0.3 is 6.09 Å². The van der Waals surface area contributed by atoms with Crippen LogP contribution in [0.1, 0.15) is 52.9 Å². The molecule has 0 saturated heterocycles. The highest BCUT2D eigenvalue weighted by atomic mass is 16.5. The predicted molar refractivity (Wildman–Crippen MR) is 55.6 cm³/mol. The van der Waals surface area contributed by atoms with Crippen LogP contribution in [0, 0.1) is 0 Å². The Bertz CT molecular complexity index is 101. The second kappa shape index (κ2) is 13.8. The van der Waals surface area contributed by atoms with Gasteiger partial charge in [-0.2, -0.15) is 0 Å². The van der Waals surface area contributed by atoms with Crippen molar-refractivity contribution in [1.82, 2.24) is 0 Å². The van der Waals surface area contributed by atoms with Crippen molar-refractivity contribution in [2.75, 3.05) is 6.61 Å². The highest BCUT2D eigenvalue weighted by molar-refractivity contribution is 5.64. The highest BCUT2D eigenvalue weighted by Gasteiger charge is 1.82. The van der Waals surface area contributed by atoms with Crippen LogP contribution >= 0.6 is 0 Å². The Hall–Kier alpha value is -0.730. The molecule has 0 aliphatic rings. The molecule has 0 unspecified atom stereocenters. The molecular weight excluding hydrogens is 166 g/mol. The van der Waals surface area contributed by atoms with Gasteiger partial charge in [-0.15, -0.1) is 0 Å². The molecule has 0 radical (unpaired) electrons. The number of hydrogen-bond donors (Lipinski definition) is 1. The number of carbonyl (C=O) groups is 1. The molecule has 0 fully saturated rings. The average Bonchev–Trinajstić information content (AvgIpc) is 2.06. The van der Waals surface area contributed by atoms with Crippen LogP contribution in [0.25, 0.3) is 0 Å². The predicted octanol–water partition coefficient (Wildman–Crippen LogP) is 3.08. The largest absolute Gasteiger partial charge is 0.450 e. The topological polar surface area (TPSA) is 52.3 Å². The number of primary amides is 1. The van der Waals surface area contributed by atoms with Gasteiger partial charge in [0.15, 0.2) is 0 Å². The maximum absolute atomic E-state index is 9.60. The number of nitrogens with two attached hydrogens (primary N) is 1. The van der Waals surface area contributed by atoms with Crippen LogP contribution in [0.2, 0.25) is 0 Å². The molecule has 80 valence electrons. The lowest BCUT2D eigenvalue weighted by molar-refractivity contribution is 0.163. The number of rotatable bonds is 5. The van der Waals surface area contributed by atoms with Gasteiger partial charge < -0.3 is 10.5 Å². The van der Waals surface area contributed by atoms with E-state index in [2.05, 4.69) is 24.3 Å². The molecule has 1 amide bonds. The molecule has 0 saturated carbocycles. The summed E-state index contributed by atoms with van der Waals surface area (Å²) in [6, 6.07) is 0. The van der Waals surface area contributed by atoms with E-state index in [0.717, 1.165) is 0 Å². The van der Waals surface area contributed by atoms with Crippen molar-refractivity contribution in [3.8, 4) is 0 Å². The molecule has 0 aliphatic heterocycles. The third-order valence-electron chi connectivity index (χ3n) is 1.49. The maximum atomic E-state index is 9.60. The molecule has 0 spiro atoms. The number of hydrogen-bond acceptors (Lipinski definition) is 2. The van der Waals surface area contributed by atoms with Crippen molar-refractivity contribution in [2.45, 2.75) is 52.9 Å². The molecule has 0 aromatic carbocycles. The monoisotopic (exact) mass is 189 g/mol. The standard InChI is InChI=1S/C7H16.C3H7NO2/c1-3-5-7-6-4-2;1-2-6-3(4)5/h3-7H2,1-2H3;2H2,1H3,(H2,4,5). The van der Waals surface area contributed by atoms with E-state index in [1.165, 1.54) is 32.1 Å². The summed E-state index contributed by atoms with van der Waals surface area (Å²) in [5.74, 6) is 0. The molecule has 0 aromatic rings. The first kappa shape index (κ1) is 14.8. The number of ether oxygens (including phenoxy) is 1. The van der Waals surface area contributed by atoms with Crippen molar-refractivity contribution in [3.05, 3.63) is 0 Å². The first-order valence-corrected chi connectivity index (χ1v) is 5.11. The molecule has 3 nitrogen and oxygen atoms in total. The summed E-state index contributed by atoms with van der Waals surface area (Å²) >= 11 is 0. The van der Waals surface area contributed by atoms with Gasteiger partial charge in [0.05, 0.1) is 6.61 Å². The first-order valence-electron chi connectivity index (χ1n) is 5.11. The van der Waals surface area contributed by atoms with Crippen LogP contribution in [0.4, 0.5) is 4.79 Å². The number of carbonyl (C=O) groups excluding carboxylic acids is 1. The van der Waals surface area contributed by atoms with Gasteiger partial charge in [-0.1, -0.05) is 46.0 Å². The van der Waals surface area contributed by atoms with Crippen molar-refractivity contribution in [3.63, 3.8) is 0 Å². The smallest absolute Gasteiger partial charge is 0.404 e. The summed E-state index contributed by atoms with van der Waals surface area (Å²) in [6.07, 6.45) is 6.30. The molecule has 0 aliphatic carbocycles. The zero-order valence-corrected chi connectivity index (χ0v) is 9.14. The molecule has 0 aromatic heterocycles. The first-order chi connectivity index (χ1) is 6.18. The summed E-state index contributed by atoms with van der Waals surface area (Å²) in [4.78, 5) is 9.60. The van der Waals surface area contributed by atoms with E-state index >= 15 is 0 Å². The molecule has 2 N–H and O–H groups in total. The van der Waals surface area contributed by atoms with E-state index in [9.17, 15) is 4.79 Å². The van der Waals surface area contributed by atoms with Crippen molar-refractivity contribution >= 4 is 6.09 Å². The minimum Gasteiger partial charge on any atom is -0.450 e. The Morgan fingerprint density at radius 1 is 1.08 bits per heavy atom. The fourth-order valence-electron chi connectivity index (χ4n) is 0.819. The van der Waals surface area contributed by atoms with Crippen molar-refractivity contribution < 1.29 is 9.53 Å². The van der Waals surface area contributed by atoms with Crippen LogP contribution in [-0.4, -0.2) is 12.7 Å². The zero-order valence-electron chi connectivity index (χ0n) is 9.14. The fourth-order valence-corrected chi connectivity index (χ4v) is 0.819. The molecule has 0 bridgehead atoms. The second-order valence-corrected chi connectivity index (χ2v) is 2.81. The van der Waals surface area contributed by atoms with Crippen molar-refractivity contribution in [1.29, 1.82) is 0 Å². The van der Waals surface area contributed by atoms with E-state index in [1.807, 2.05) is 0 Å². The third-order valence-corrected chi connectivity index (χ3v) is 1.49. The molecule has 0 atom stereocenters. The Morgan fingerprint density at radius 2 is 1.54 bits per heavy atom. The Labute approximate surface area is 81.6 Å². The summed E-state index contributed by atoms with van der Waals surface area (Å²) in [7, 11) is 0. The van der Waals surface area contributed by atoms with Gasteiger partial charge in [-0.05, 0) is 6.92 Å². The van der Waals surface area contributed by atoms with Gasteiger partial charge in [0.1, 0.15) is 0 Å². The summed E-state index contributed by atoms with van der Waals surface area (Å²) in [6.45, 7) is 6.55. The lowest BCUT2D eigenvalue weighted by atomic mass is 10.2. The Balaban J connectivity index is 0. The highest BCUT2D eigenvalue weighted by Crippen LogP contribution is 2.00. The van der Waals surface area contributed by atoms with Crippen LogP contribution in [0.5, 0.6) is 0 Å². The summed E-state index contributed by atoms with van der Waals surface area (Å²) < 4.78 is 4.18. The van der Waals surface area contributed by atoms with Crippen LogP contribution in [0.15, 0.2) is 0 Å². The minimum absolute atomic E-state index is 0.356. The molecular formula is C10H23NO2. The summed E-state index contributed by atoms with van der Waals surface area (Å²) in [5.41, 5.74) is 4.54. The number of amides is 1. The van der Waals surface area contributed by atoms with Crippen LogP contribution in [-0.2, 0) is 4.74 Å². The fraction of sp³-hybridized carbons (Fsp3) is 0.900. The average molecular weight is 189 g/mol. The molecule has 3 heteroatoms. The van der Waals surface area contributed by atoms with Crippen LogP contribution < -0.4 is 5.73 Å². The molecule has 0 heterocycles. The van der Waals surface area contributed by atoms with Gasteiger partial charge in [0, 0.05) is 0 Å². The third kappa shape index (κ3) is 24.6. The Morgan fingerprint density at radius 3 is 1.69 bits per heavy atom. The van der Waals surface area contributed by atoms with Crippen LogP contribution in [0.3, 0.4) is 0 Å². The van der Waals surface area contributed by atoms with Gasteiger partial charge in [-0.3, -0.25) is 0 Å². The lowest BCUT2D eigenvalue weighted by Gasteiger charge is -1.90. The Kier molecular flexibility index (Phi) is 15.7. The van der Waals surface area contributed by atoms with E-state index in [1.54, 1.807) is 6.92 Å². The summed E-state index contributed by atoms with van der Waals surface area (Å²) in [5, 5.41) is 0. The lowest BCUT2D eigenvalue weighted by Crippen LogP contribution is -2.11. The van der Waals surface area contributed by atoms with E-state index in [-0.39, 0.29) is 0 Å². The molecule has 0 rings (SSSR count). The second-order valence-electron chi connectivity index (χ2n) is 2.81. The van der Waals surface area contributed by atoms with Crippen molar-refractivity contribution in [2.24, 2.45) is 5.73 Å². The van der Waals surface area contributed by atoms with Gasteiger partial charge in [0.25, 0.3) is 0 Å². The van der Waals surface area contributed by atoms with Gasteiger partial charge in [0.2, 0.25) is 0 Å². The van der Waals surface area contributed by atoms with E-state index in [0.29, 0.717) is 6.61 Å². The van der Waals surface area contributed by atoms with E-state index < -0.39 is 6.09 Å².